The summed E-state index contributed by atoms with van der Waals surface area (Å²) in [5.74, 6) is 0. The van der Waals surface area contributed by atoms with E-state index in [-0.39, 0.29) is 0 Å². The molecule has 0 fully saturated rings. The lowest BCUT2D eigenvalue weighted by atomic mass is 10.3. The number of rotatable bonds is 1. The van der Waals surface area contributed by atoms with Gasteiger partial charge in [0.1, 0.15) is 5.69 Å². The number of hydrogen-bond donors (Lipinski definition) is 1. The molecular formula is C8H11ClN+. The zero-order valence-electron chi connectivity index (χ0n) is 6.19. The van der Waals surface area contributed by atoms with Gasteiger partial charge in [0, 0.05) is 17.2 Å². The van der Waals surface area contributed by atoms with Crippen molar-refractivity contribution in [2.45, 2.75) is 0 Å². The molecule has 2 heteroatoms. The molecule has 0 unspecified atom stereocenters. The minimum Gasteiger partial charge on any atom is -0.307 e. The highest BCUT2D eigenvalue weighted by molar-refractivity contribution is 6.30. The lowest BCUT2D eigenvalue weighted by Gasteiger charge is -2.04. The summed E-state index contributed by atoms with van der Waals surface area (Å²) >= 11 is 5.71. The Labute approximate surface area is 66.2 Å². The van der Waals surface area contributed by atoms with Crippen molar-refractivity contribution in [3.63, 3.8) is 0 Å². The van der Waals surface area contributed by atoms with E-state index in [1.165, 1.54) is 10.6 Å². The third-order valence-corrected chi connectivity index (χ3v) is 1.67. The van der Waals surface area contributed by atoms with Crippen LogP contribution >= 0.6 is 11.6 Å². The quantitative estimate of drug-likeness (QED) is 0.622. The summed E-state index contributed by atoms with van der Waals surface area (Å²) in [6.07, 6.45) is 0. The lowest BCUT2D eigenvalue weighted by Crippen LogP contribution is -3.00. The highest BCUT2D eigenvalue weighted by atomic mass is 35.5. The van der Waals surface area contributed by atoms with E-state index in [0.717, 1.165) is 5.02 Å². The van der Waals surface area contributed by atoms with E-state index in [0.29, 0.717) is 0 Å². The number of quaternary nitrogens is 1. The first kappa shape index (κ1) is 7.58. The molecule has 0 aliphatic heterocycles. The summed E-state index contributed by atoms with van der Waals surface area (Å²) in [7, 11) is 4.17. The van der Waals surface area contributed by atoms with Gasteiger partial charge in [0.25, 0.3) is 0 Å². The molecule has 0 saturated carbocycles. The van der Waals surface area contributed by atoms with Gasteiger partial charge < -0.3 is 4.90 Å². The fraction of sp³-hybridized carbons (Fsp3) is 0.250. The molecule has 0 amide bonds. The molecule has 0 aliphatic rings. The number of hydrogen-bond acceptors (Lipinski definition) is 0. The summed E-state index contributed by atoms with van der Waals surface area (Å²) in [4.78, 5) is 1.32. The second-order valence-electron chi connectivity index (χ2n) is 2.51. The molecule has 0 spiro atoms. The van der Waals surface area contributed by atoms with Crippen LogP contribution in [0.4, 0.5) is 5.69 Å². The molecule has 1 nitrogen and oxygen atoms in total. The first-order valence-electron chi connectivity index (χ1n) is 3.26. The Balaban J connectivity index is 2.89. The third-order valence-electron chi connectivity index (χ3n) is 1.42. The molecule has 0 radical (unpaired) electrons. The van der Waals surface area contributed by atoms with Gasteiger partial charge in [0.15, 0.2) is 0 Å². The predicted octanol–water partition coefficient (Wildman–Crippen LogP) is 1.12. The minimum absolute atomic E-state index is 0.796. The monoisotopic (exact) mass is 156 g/mol. The smallest absolute Gasteiger partial charge is 0.130 e. The largest absolute Gasteiger partial charge is 0.307 e. The van der Waals surface area contributed by atoms with E-state index in [2.05, 4.69) is 14.1 Å². The Morgan fingerprint density at radius 1 is 1.10 bits per heavy atom. The van der Waals surface area contributed by atoms with Crippen LogP contribution in [0.5, 0.6) is 0 Å². The first-order valence-corrected chi connectivity index (χ1v) is 3.64. The molecule has 1 rings (SSSR count). The zero-order valence-corrected chi connectivity index (χ0v) is 6.94. The summed E-state index contributed by atoms with van der Waals surface area (Å²) in [6.45, 7) is 0. The van der Waals surface area contributed by atoms with Crippen LogP contribution in [0.25, 0.3) is 0 Å². The van der Waals surface area contributed by atoms with Crippen molar-refractivity contribution in [3.8, 4) is 0 Å². The normalized spacial score (nSPS) is 10.4. The molecule has 1 aromatic rings. The van der Waals surface area contributed by atoms with Crippen LogP contribution in [0, 0.1) is 0 Å². The van der Waals surface area contributed by atoms with Gasteiger partial charge in [0.2, 0.25) is 0 Å². The van der Waals surface area contributed by atoms with Gasteiger partial charge in [-0.05, 0) is 12.1 Å². The molecular weight excluding hydrogens is 146 g/mol. The van der Waals surface area contributed by atoms with Crippen molar-refractivity contribution in [1.82, 2.24) is 0 Å². The Kier molecular flexibility index (Phi) is 2.30. The van der Waals surface area contributed by atoms with Crippen LogP contribution in [-0.4, -0.2) is 14.1 Å². The molecule has 0 heterocycles. The van der Waals surface area contributed by atoms with Gasteiger partial charge >= 0.3 is 0 Å². The van der Waals surface area contributed by atoms with Crippen molar-refractivity contribution >= 4 is 17.3 Å². The van der Waals surface area contributed by atoms with Crippen molar-refractivity contribution in [2.24, 2.45) is 0 Å². The van der Waals surface area contributed by atoms with Gasteiger partial charge in [-0.15, -0.1) is 0 Å². The molecule has 1 aromatic carbocycles. The average Bonchev–Trinajstić information content (AvgIpc) is 1.88. The van der Waals surface area contributed by atoms with Crippen LogP contribution in [0.1, 0.15) is 0 Å². The Hall–Kier alpha value is -0.530. The summed E-state index contributed by atoms with van der Waals surface area (Å²) in [5.41, 5.74) is 1.25. The van der Waals surface area contributed by atoms with Crippen molar-refractivity contribution < 1.29 is 4.90 Å². The summed E-state index contributed by atoms with van der Waals surface area (Å²) in [5, 5.41) is 0.796. The van der Waals surface area contributed by atoms with Gasteiger partial charge in [-0.25, -0.2) is 0 Å². The second-order valence-corrected chi connectivity index (χ2v) is 2.94. The summed E-state index contributed by atoms with van der Waals surface area (Å²) < 4.78 is 0. The second kappa shape index (κ2) is 3.04. The number of nitrogens with one attached hydrogen (secondary N) is 1. The maximum atomic E-state index is 5.71. The van der Waals surface area contributed by atoms with Crippen molar-refractivity contribution in [1.29, 1.82) is 0 Å². The van der Waals surface area contributed by atoms with E-state index in [9.17, 15) is 0 Å². The van der Waals surface area contributed by atoms with E-state index in [1.807, 2.05) is 24.3 Å². The molecule has 0 atom stereocenters. The molecule has 0 saturated heterocycles. The van der Waals surface area contributed by atoms with Crippen LogP contribution in [0.3, 0.4) is 0 Å². The average molecular weight is 157 g/mol. The first-order chi connectivity index (χ1) is 4.70. The van der Waals surface area contributed by atoms with Crippen LogP contribution in [0.15, 0.2) is 24.3 Å². The number of halogens is 1. The van der Waals surface area contributed by atoms with Crippen LogP contribution in [0.2, 0.25) is 5.02 Å². The fourth-order valence-corrected chi connectivity index (χ4v) is 0.909. The van der Waals surface area contributed by atoms with Gasteiger partial charge in [-0.1, -0.05) is 11.6 Å². The highest BCUT2D eigenvalue weighted by Gasteiger charge is 1.97. The van der Waals surface area contributed by atoms with E-state index < -0.39 is 0 Å². The zero-order chi connectivity index (χ0) is 7.56. The van der Waals surface area contributed by atoms with E-state index >= 15 is 0 Å². The van der Waals surface area contributed by atoms with Gasteiger partial charge in [0.05, 0.1) is 14.1 Å². The molecule has 54 valence electrons. The minimum atomic E-state index is 0.796. The highest BCUT2D eigenvalue weighted by Crippen LogP contribution is 2.09. The SMILES string of the molecule is C[NH+](C)c1ccc(Cl)cc1. The van der Waals surface area contributed by atoms with Crippen LogP contribution in [-0.2, 0) is 0 Å². The fourth-order valence-electron chi connectivity index (χ4n) is 0.783. The van der Waals surface area contributed by atoms with E-state index in [1.54, 1.807) is 0 Å². The van der Waals surface area contributed by atoms with Gasteiger partial charge in [-0.2, -0.15) is 0 Å². The standard InChI is InChI=1S/C8H10ClN/c1-10(2)8-5-3-7(9)4-6-8/h3-6H,1-2H3/p+1. The molecule has 1 N–H and O–H groups in total. The number of benzene rings is 1. The molecule has 0 bridgehead atoms. The Morgan fingerprint density at radius 2 is 1.60 bits per heavy atom. The van der Waals surface area contributed by atoms with Crippen molar-refractivity contribution in [2.75, 3.05) is 14.1 Å². The summed E-state index contributed by atoms with van der Waals surface area (Å²) in [6, 6.07) is 7.86. The maximum absolute atomic E-state index is 5.71. The Bertz CT molecular complexity index is 203. The third kappa shape index (κ3) is 1.72. The maximum Gasteiger partial charge on any atom is 0.130 e. The lowest BCUT2D eigenvalue weighted by molar-refractivity contribution is -0.786. The topological polar surface area (TPSA) is 4.44 Å². The van der Waals surface area contributed by atoms with Crippen molar-refractivity contribution in [3.05, 3.63) is 29.3 Å². The van der Waals surface area contributed by atoms with E-state index in [4.69, 9.17) is 11.6 Å². The van der Waals surface area contributed by atoms with Gasteiger partial charge in [-0.3, -0.25) is 0 Å². The molecule has 0 aliphatic carbocycles. The Morgan fingerprint density at radius 3 is 2.00 bits per heavy atom. The predicted molar refractivity (Wildman–Crippen MR) is 43.9 cm³/mol. The molecule has 0 aromatic heterocycles. The molecule has 10 heavy (non-hydrogen) atoms. The van der Waals surface area contributed by atoms with Crippen LogP contribution < -0.4 is 4.90 Å².